The molecule has 1 unspecified atom stereocenters. The van der Waals surface area contributed by atoms with Gasteiger partial charge in [-0.05, 0) is 31.2 Å². The van der Waals surface area contributed by atoms with Gasteiger partial charge in [-0.15, -0.1) is 0 Å². The van der Waals surface area contributed by atoms with Crippen molar-refractivity contribution in [1.29, 1.82) is 0 Å². The molecule has 2 heterocycles. The van der Waals surface area contributed by atoms with Gasteiger partial charge in [0.2, 0.25) is 5.89 Å². The minimum atomic E-state index is -0.131. The SMILES string of the molecule is COc1ccc(-n2ccnc2SC(C)c2nc(C(C)(C)C)no2)cc1. The number of hydrogen-bond acceptors (Lipinski definition) is 6. The van der Waals surface area contributed by atoms with Crippen molar-refractivity contribution in [2.45, 2.75) is 43.5 Å². The highest BCUT2D eigenvalue weighted by Gasteiger charge is 2.24. The summed E-state index contributed by atoms with van der Waals surface area (Å²) in [6, 6.07) is 7.86. The van der Waals surface area contributed by atoms with Crippen molar-refractivity contribution < 1.29 is 9.26 Å². The lowest BCUT2D eigenvalue weighted by atomic mass is 9.96. The zero-order chi connectivity index (χ0) is 18.0. The molecule has 0 spiro atoms. The van der Waals surface area contributed by atoms with Gasteiger partial charge in [-0.25, -0.2) is 4.98 Å². The van der Waals surface area contributed by atoms with Crippen molar-refractivity contribution in [3.05, 3.63) is 48.4 Å². The van der Waals surface area contributed by atoms with Crippen LogP contribution in [0.2, 0.25) is 0 Å². The summed E-state index contributed by atoms with van der Waals surface area (Å²) < 4.78 is 12.7. The molecule has 0 saturated carbocycles. The van der Waals surface area contributed by atoms with Crippen molar-refractivity contribution in [2.24, 2.45) is 0 Å². The van der Waals surface area contributed by atoms with E-state index in [1.54, 1.807) is 25.1 Å². The topological polar surface area (TPSA) is 66.0 Å². The van der Waals surface area contributed by atoms with E-state index in [2.05, 4.69) is 35.9 Å². The van der Waals surface area contributed by atoms with E-state index in [1.807, 2.05) is 42.0 Å². The highest BCUT2D eigenvalue weighted by molar-refractivity contribution is 7.99. The highest BCUT2D eigenvalue weighted by Crippen LogP contribution is 2.35. The first kappa shape index (κ1) is 17.5. The summed E-state index contributed by atoms with van der Waals surface area (Å²) in [4.78, 5) is 9.00. The molecule has 0 fully saturated rings. The predicted octanol–water partition coefficient (Wildman–Crippen LogP) is 4.41. The number of methoxy groups -OCH3 is 1. The lowest BCUT2D eigenvalue weighted by Crippen LogP contribution is -2.13. The molecule has 0 aliphatic carbocycles. The molecule has 0 radical (unpaired) electrons. The number of thioether (sulfide) groups is 1. The summed E-state index contributed by atoms with van der Waals surface area (Å²) in [7, 11) is 1.66. The molecule has 0 N–H and O–H groups in total. The third kappa shape index (κ3) is 3.87. The maximum Gasteiger partial charge on any atom is 0.239 e. The first-order valence-corrected chi connectivity index (χ1v) is 8.95. The first-order chi connectivity index (χ1) is 11.9. The molecule has 2 aromatic heterocycles. The zero-order valence-electron chi connectivity index (χ0n) is 15.1. The third-order valence-corrected chi connectivity index (χ3v) is 4.77. The smallest absolute Gasteiger partial charge is 0.239 e. The summed E-state index contributed by atoms with van der Waals surface area (Å²) in [5.41, 5.74) is 0.891. The standard InChI is InChI=1S/C18H22N4O2S/c1-12(15-20-16(21-24-15)18(2,3)4)25-17-19-10-11-22(17)13-6-8-14(23-5)9-7-13/h6-12H,1-5H3. The molecule has 0 aliphatic heterocycles. The van der Waals surface area contributed by atoms with Crippen molar-refractivity contribution in [3.8, 4) is 11.4 Å². The van der Waals surface area contributed by atoms with Gasteiger partial charge in [0.15, 0.2) is 11.0 Å². The highest BCUT2D eigenvalue weighted by atomic mass is 32.2. The number of hydrogen-bond donors (Lipinski definition) is 0. The van der Waals surface area contributed by atoms with Crippen LogP contribution in [-0.2, 0) is 5.41 Å². The lowest BCUT2D eigenvalue weighted by Gasteiger charge is -2.12. The molecular weight excluding hydrogens is 336 g/mol. The number of aromatic nitrogens is 4. The van der Waals surface area contributed by atoms with Crippen molar-refractivity contribution in [3.63, 3.8) is 0 Å². The Hall–Kier alpha value is -2.28. The van der Waals surface area contributed by atoms with E-state index in [0.717, 1.165) is 16.6 Å². The van der Waals surface area contributed by atoms with Crippen LogP contribution in [0.1, 0.15) is 44.7 Å². The van der Waals surface area contributed by atoms with Gasteiger partial charge in [0.05, 0.1) is 12.4 Å². The summed E-state index contributed by atoms with van der Waals surface area (Å²) in [6.07, 6.45) is 3.72. The maximum atomic E-state index is 5.44. The minimum Gasteiger partial charge on any atom is -0.497 e. The molecule has 132 valence electrons. The monoisotopic (exact) mass is 358 g/mol. The number of ether oxygens (including phenoxy) is 1. The largest absolute Gasteiger partial charge is 0.497 e. The second kappa shape index (κ2) is 6.92. The summed E-state index contributed by atoms with van der Waals surface area (Å²) in [6.45, 7) is 8.24. The van der Waals surface area contributed by atoms with Crippen LogP contribution in [-0.4, -0.2) is 26.8 Å². The van der Waals surface area contributed by atoms with E-state index in [1.165, 1.54) is 0 Å². The third-order valence-electron chi connectivity index (χ3n) is 3.70. The van der Waals surface area contributed by atoms with Crippen LogP contribution in [0.5, 0.6) is 5.75 Å². The summed E-state index contributed by atoms with van der Waals surface area (Å²) in [5, 5.41) is 4.97. The van der Waals surface area contributed by atoms with Gasteiger partial charge in [-0.3, -0.25) is 4.57 Å². The fraction of sp³-hybridized carbons (Fsp3) is 0.389. The van der Waals surface area contributed by atoms with Crippen LogP contribution >= 0.6 is 11.8 Å². The van der Waals surface area contributed by atoms with E-state index in [0.29, 0.717) is 11.7 Å². The Morgan fingerprint density at radius 2 is 1.92 bits per heavy atom. The van der Waals surface area contributed by atoms with E-state index in [-0.39, 0.29) is 10.7 Å². The fourth-order valence-corrected chi connectivity index (χ4v) is 3.14. The zero-order valence-corrected chi connectivity index (χ0v) is 15.9. The van der Waals surface area contributed by atoms with Crippen LogP contribution in [0, 0.1) is 0 Å². The number of rotatable bonds is 5. The first-order valence-electron chi connectivity index (χ1n) is 8.07. The molecule has 3 rings (SSSR count). The fourth-order valence-electron chi connectivity index (χ4n) is 2.23. The Morgan fingerprint density at radius 1 is 1.20 bits per heavy atom. The van der Waals surface area contributed by atoms with Crippen LogP contribution in [0.4, 0.5) is 0 Å². The van der Waals surface area contributed by atoms with Crippen molar-refractivity contribution in [2.75, 3.05) is 7.11 Å². The normalized spacial score (nSPS) is 13.0. The van der Waals surface area contributed by atoms with E-state index in [9.17, 15) is 0 Å². The number of benzene rings is 1. The van der Waals surface area contributed by atoms with Crippen molar-refractivity contribution >= 4 is 11.8 Å². The Balaban J connectivity index is 1.79. The Kier molecular flexibility index (Phi) is 4.85. The minimum absolute atomic E-state index is 0.00278. The van der Waals surface area contributed by atoms with Crippen LogP contribution in [0.3, 0.4) is 0 Å². The second-order valence-corrected chi connectivity index (χ2v) is 8.05. The molecule has 25 heavy (non-hydrogen) atoms. The Labute approximate surface area is 151 Å². The van der Waals surface area contributed by atoms with Crippen LogP contribution < -0.4 is 4.74 Å². The average molecular weight is 358 g/mol. The molecule has 6 nitrogen and oxygen atoms in total. The van der Waals surface area contributed by atoms with E-state index < -0.39 is 0 Å². The average Bonchev–Trinajstić information content (AvgIpc) is 3.24. The molecule has 0 saturated heterocycles. The number of nitrogens with zero attached hydrogens (tertiary/aromatic N) is 4. The molecule has 7 heteroatoms. The molecule has 1 atom stereocenters. The van der Waals surface area contributed by atoms with Gasteiger partial charge in [0, 0.05) is 23.5 Å². The quantitative estimate of drug-likeness (QED) is 0.629. The maximum absolute atomic E-state index is 5.44. The molecular formula is C18H22N4O2S. The predicted molar refractivity (Wildman–Crippen MR) is 97.4 cm³/mol. The summed E-state index contributed by atoms with van der Waals surface area (Å²) in [5.74, 6) is 2.15. The lowest BCUT2D eigenvalue weighted by molar-refractivity contribution is 0.364. The molecule has 3 aromatic rings. The van der Waals surface area contributed by atoms with Gasteiger partial charge in [0.25, 0.3) is 0 Å². The van der Waals surface area contributed by atoms with Crippen LogP contribution in [0.25, 0.3) is 5.69 Å². The van der Waals surface area contributed by atoms with Gasteiger partial charge < -0.3 is 9.26 Å². The molecule has 0 bridgehead atoms. The molecule has 1 aromatic carbocycles. The molecule has 0 aliphatic rings. The van der Waals surface area contributed by atoms with E-state index in [4.69, 9.17) is 9.26 Å². The number of imidazole rings is 1. The summed E-state index contributed by atoms with van der Waals surface area (Å²) >= 11 is 1.58. The Bertz CT molecular complexity index is 833. The van der Waals surface area contributed by atoms with Crippen molar-refractivity contribution in [1.82, 2.24) is 19.7 Å². The molecule has 0 amide bonds. The Morgan fingerprint density at radius 3 is 2.52 bits per heavy atom. The van der Waals surface area contributed by atoms with Gasteiger partial charge in [-0.2, -0.15) is 4.98 Å². The van der Waals surface area contributed by atoms with Crippen LogP contribution in [0.15, 0.2) is 46.3 Å². The van der Waals surface area contributed by atoms with Gasteiger partial charge in [0.1, 0.15) is 5.75 Å². The van der Waals surface area contributed by atoms with E-state index >= 15 is 0 Å². The second-order valence-electron chi connectivity index (χ2n) is 6.74. The van der Waals surface area contributed by atoms with Gasteiger partial charge >= 0.3 is 0 Å². The van der Waals surface area contributed by atoms with Gasteiger partial charge in [-0.1, -0.05) is 37.7 Å².